The van der Waals surface area contributed by atoms with E-state index in [0.717, 1.165) is 25.9 Å². The van der Waals surface area contributed by atoms with Gasteiger partial charge in [-0.15, -0.1) is 0 Å². The van der Waals surface area contributed by atoms with Gasteiger partial charge in [-0.2, -0.15) is 0 Å². The Morgan fingerprint density at radius 1 is 1.26 bits per heavy atom. The summed E-state index contributed by atoms with van der Waals surface area (Å²) >= 11 is 11.9. The summed E-state index contributed by atoms with van der Waals surface area (Å²) in [6, 6.07) is 5.09. The fourth-order valence-electron chi connectivity index (χ4n) is 2.66. The number of hydrogen-bond acceptors (Lipinski definition) is 3. The van der Waals surface area contributed by atoms with Gasteiger partial charge in [-0.05, 0) is 43.9 Å². The minimum absolute atomic E-state index is 0.115. The smallest absolute Gasteiger partial charge is 0.226 e. The molecule has 1 heterocycles. The molecular formula is C17H24Cl2N2O2. The van der Waals surface area contributed by atoms with Gasteiger partial charge in [0.15, 0.2) is 0 Å². The Hall–Kier alpha value is -0.970. The quantitative estimate of drug-likeness (QED) is 0.874. The molecular weight excluding hydrogens is 335 g/mol. The Balaban J connectivity index is 1.79. The number of likely N-dealkylation sites (tertiary alicyclic amines) is 1. The summed E-state index contributed by atoms with van der Waals surface area (Å²) in [5, 5.41) is 1.13. The lowest BCUT2D eigenvalue weighted by Crippen LogP contribution is -2.45. The van der Waals surface area contributed by atoms with Crippen LogP contribution in [0.5, 0.6) is 5.75 Å². The monoisotopic (exact) mass is 358 g/mol. The van der Waals surface area contributed by atoms with Crippen LogP contribution in [-0.2, 0) is 4.79 Å². The van der Waals surface area contributed by atoms with Crippen LogP contribution in [0.25, 0.3) is 0 Å². The van der Waals surface area contributed by atoms with Gasteiger partial charge in [0.05, 0.1) is 12.5 Å². The highest BCUT2D eigenvalue weighted by Gasteiger charge is 2.27. The predicted molar refractivity (Wildman–Crippen MR) is 94.1 cm³/mol. The van der Waals surface area contributed by atoms with E-state index in [1.165, 1.54) is 0 Å². The van der Waals surface area contributed by atoms with Crippen molar-refractivity contribution in [3.63, 3.8) is 0 Å². The molecule has 6 heteroatoms. The largest absolute Gasteiger partial charge is 0.493 e. The number of nitrogens with zero attached hydrogens (tertiary/aromatic N) is 1. The molecule has 0 radical (unpaired) electrons. The number of hydrogen-bond donors (Lipinski definition) is 1. The van der Waals surface area contributed by atoms with Gasteiger partial charge in [0.2, 0.25) is 5.91 Å². The molecule has 2 unspecified atom stereocenters. The van der Waals surface area contributed by atoms with Crippen molar-refractivity contribution >= 4 is 29.1 Å². The van der Waals surface area contributed by atoms with Crippen molar-refractivity contribution in [1.29, 1.82) is 0 Å². The van der Waals surface area contributed by atoms with Gasteiger partial charge in [-0.3, -0.25) is 4.79 Å². The maximum Gasteiger partial charge on any atom is 0.226 e. The third-order valence-electron chi connectivity index (χ3n) is 4.43. The average Bonchev–Trinajstić information content (AvgIpc) is 2.51. The summed E-state index contributed by atoms with van der Waals surface area (Å²) in [6.45, 7) is 5.91. The molecule has 0 aliphatic carbocycles. The SMILES string of the molecule is CC(N)C(C)C(=O)N1CCC(COc2cc(Cl)cc(Cl)c2)CC1. The Labute approximate surface area is 147 Å². The van der Waals surface area contributed by atoms with Crippen molar-refractivity contribution in [1.82, 2.24) is 4.90 Å². The summed E-state index contributed by atoms with van der Waals surface area (Å²) in [5.74, 6) is 1.14. The van der Waals surface area contributed by atoms with Gasteiger partial charge < -0.3 is 15.4 Å². The van der Waals surface area contributed by atoms with Crippen LogP contribution in [0.1, 0.15) is 26.7 Å². The van der Waals surface area contributed by atoms with Crippen LogP contribution in [-0.4, -0.2) is 36.5 Å². The topological polar surface area (TPSA) is 55.6 Å². The first-order valence-corrected chi connectivity index (χ1v) is 8.75. The summed E-state index contributed by atoms with van der Waals surface area (Å²) < 4.78 is 5.80. The molecule has 4 nitrogen and oxygen atoms in total. The molecule has 1 aliphatic rings. The highest BCUT2D eigenvalue weighted by molar-refractivity contribution is 6.34. The van der Waals surface area contributed by atoms with Crippen LogP contribution in [0.2, 0.25) is 10.0 Å². The summed E-state index contributed by atoms with van der Waals surface area (Å²) in [4.78, 5) is 14.2. The van der Waals surface area contributed by atoms with Crippen LogP contribution >= 0.6 is 23.2 Å². The second-order valence-electron chi connectivity index (χ2n) is 6.33. The van der Waals surface area contributed by atoms with E-state index in [-0.39, 0.29) is 17.9 Å². The second-order valence-corrected chi connectivity index (χ2v) is 7.21. The summed E-state index contributed by atoms with van der Waals surface area (Å²) in [7, 11) is 0. The number of rotatable bonds is 5. The van der Waals surface area contributed by atoms with E-state index >= 15 is 0 Å². The molecule has 2 rings (SSSR count). The molecule has 23 heavy (non-hydrogen) atoms. The first-order chi connectivity index (χ1) is 10.9. The second kappa shape index (κ2) is 8.22. The molecule has 1 aromatic carbocycles. The molecule has 0 bridgehead atoms. The van der Waals surface area contributed by atoms with E-state index in [4.69, 9.17) is 33.7 Å². The molecule has 128 valence electrons. The first-order valence-electron chi connectivity index (χ1n) is 8.00. The van der Waals surface area contributed by atoms with Gasteiger partial charge in [0, 0.05) is 29.2 Å². The Morgan fingerprint density at radius 2 is 1.83 bits per heavy atom. The van der Waals surface area contributed by atoms with Crippen molar-refractivity contribution in [3.05, 3.63) is 28.2 Å². The summed E-state index contributed by atoms with van der Waals surface area (Å²) in [5.41, 5.74) is 5.82. The molecule has 1 aromatic rings. The van der Waals surface area contributed by atoms with E-state index in [0.29, 0.717) is 28.3 Å². The van der Waals surface area contributed by atoms with Crippen LogP contribution in [0, 0.1) is 11.8 Å². The molecule has 1 aliphatic heterocycles. The number of carbonyl (C=O) groups excluding carboxylic acids is 1. The number of ether oxygens (including phenoxy) is 1. The van der Waals surface area contributed by atoms with E-state index < -0.39 is 0 Å². The molecule has 1 fully saturated rings. The van der Waals surface area contributed by atoms with Gasteiger partial charge in [0.25, 0.3) is 0 Å². The molecule has 0 saturated carbocycles. The van der Waals surface area contributed by atoms with E-state index in [1.54, 1.807) is 18.2 Å². The number of amides is 1. The highest BCUT2D eigenvalue weighted by atomic mass is 35.5. The van der Waals surface area contributed by atoms with Crippen LogP contribution in [0.3, 0.4) is 0 Å². The zero-order valence-electron chi connectivity index (χ0n) is 13.6. The first kappa shape index (κ1) is 18.4. The number of benzene rings is 1. The van der Waals surface area contributed by atoms with Crippen molar-refractivity contribution in [3.8, 4) is 5.75 Å². The molecule has 2 atom stereocenters. The standard InChI is InChI=1S/C17H24Cl2N2O2/c1-11(12(2)20)17(22)21-5-3-13(4-6-21)10-23-16-8-14(18)7-15(19)9-16/h7-9,11-13H,3-6,10,20H2,1-2H3. The predicted octanol–water partition coefficient (Wildman–Crippen LogP) is 3.59. The average molecular weight is 359 g/mol. The van der Waals surface area contributed by atoms with Gasteiger partial charge >= 0.3 is 0 Å². The molecule has 0 aromatic heterocycles. The Morgan fingerprint density at radius 3 is 2.35 bits per heavy atom. The van der Waals surface area contributed by atoms with E-state index in [1.807, 2.05) is 18.7 Å². The van der Waals surface area contributed by atoms with Crippen molar-refractivity contribution in [2.24, 2.45) is 17.6 Å². The van der Waals surface area contributed by atoms with Crippen LogP contribution < -0.4 is 10.5 Å². The highest BCUT2D eigenvalue weighted by Crippen LogP contribution is 2.26. The maximum atomic E-state index is 12.3. The van der Waals surface area contributed by atoms with Crippen molar-refractivity contribution in [2.45, 2.75) is 32.7 Å². The number of halogens is 2. The lowest BCUT2D eigenvalue weighted by atomic mass is 9.95. The lowest BCUT2D eigenvalue weighted by molar-refractivity contribution is -0.137. The van der Waals surface area contributed by atoms with Crippen molar-refractivity contribution in [2.75, 3.05) is 19.7 Å². The fraction of sp³-hybridized carbons (Fsp3) is 0.588. The molecule has 2 N–H and O–H groups in total. The zero-order chi connectivity index (χ0) is 17.0. The normalized spacial score (nSPS) is 18.6. The fourth-order valence-corrected chi connectivity index (χ4v) is 3.16. The Bertz CT molecular complexity index is 523. The molecule has 1 saturated heterocycles. The van der Waals surface area contributed by atoms with Crippen molar-refractivity contribution < 1.29 is 9.53 Å². The van der Waals surface area contributed by atoms with Gasteiger partial charge in [-0.25, -0.2) is 0 Å². The van der Waals surface area contributed by atoms with Crippen LogP contribution in [0.4, 0.5) is 0 Å². The number of carbonyl (C=O) groups is 1. The van der Waals surface area contributed by atoms with Gasteiger partial charge in [-0.1, -0.05) is 30.1 Å². The Kier molecular flexibility index (Phi) is 6.57. The van der Waals surface area contributed by atoms with Crippen LogP contribution in [0.15, 0.2) is 18.2 Å². The minimum Gasteiger partial charge on any atom is -0.493 e. The van der Waals surface area contributed by atoms with E-state index in [2.05, 4.69) is 0 Å². The number of piperidine rings is 1. The zero-order valence-corrected chi connectivity index (χ0v) is 15.1. The van der Waals surface area contributed by atoms with Gasteiger partial charge in [0.1, 0.15) is 5.75 Å². The lowest BCUT2D eigenvalue weighted by Gasteiger charge is -2.34. The minimum atomic E-state index is -0.128. The maximum absolute atomic E-state index is 12.3. The number of nitrogens with two attached hydrogens (primary N) is 1. The third kappa shape index (κ3) is 5.27. The molecule has 1 amide bonds. The van der Waals surface area contributed by atoms with E-state index in [9.17, 15) is 4.79 Å². The third-order valence-corrected chi connectivity index (χ3v) is 4.86. The summed E-state index contributed by atoms with van der Waals surface area (Å²) in [6.07, 6.45) is 1.87. The molecule has 0 spiro atoms.